The average molecular weight is 320 g/mol. The van der Waals surface area contributed by atoms with Crippen LogP contribution in [-0.4, -0.2) is 28.1 Å². The molecular formula is C16H20N2O3S. The fourth-order valence-corrected chi connectivity index (χ4v) is 3.61. The number of aromatic nitrogens is 1. The van der Waals surface area contributed by atoms with Crippen LogP contribution in [0.5, 0.6) is 0 Å². The molecule has 5 nitrogen and oxygen atoms in total. The fraction of sp³-hybridized carbons (Fsp3) is 0.500. The molecule has 22 heavy (non-hydrogen) atoms. The summed E-state index contributed by atoms with van der Waals surface area (Å²) in [7, 11) is 0. The highest BCUT2D eigenvalue weighted by atomic mass is 32.1. The number of aliphatic hydroxyl groups is 1. The van der Waals surface area contributed by atoms with Crippen LogP contribution >= 0.6 is 11.3 Å². The Morgan fingerprint density at radius 2 is 2.27 bits per heavy atom. The Kier molecular flexibility index (Phi) is 4.31. The molecule has 2 aromatic heterocycles. The average Bonchev–Trinajstić information content (AvgIpc) is 3.21. The summed E-state index contributed by atoms with van der Waals surface area (Å²) < 4.78 is 5.65. The third-order valence-corrected chi connectivity index (χ3v) is 5.08. The lowest BCUT2D eigenvalue weighted by atomic mass is 9.98. The Balaban J connectivity index is 1.69. The van der Waals surface area contributed by atoms with Crippen LogP contribution in [0.25, 0.3) is 10.8 Å². The Bertz CT molecular complexity index is 642. The van der Waals surface area contributed by atoms with Crippen LogP contribution in [-0.2, 0) is 11.2 Å². The summed E-state index contributed by atoms with van der Waals surface area (Å²) in [6, 6.07) is 3.89. The van der Waals surface area contributed by atoms with Gasteiger partial charge in [-0.2, -0.15) is 0 Å². The molecule has 0 spiro atoms. The number of aryl methyl sites for hydroxylation is 1. The van der Waals surface area contributed by atoms with Gasteiger partial charge in [0.2, 0.25) is 11.8 Å². The number of nitrogens with one attached hydrogen (secondary N) is 1. The van der Waals surface area contributed by atoms with Crippen molar-refractivity contribution in [1.29, 1.82) is 0 Å². The van der Waals surface area contributed by atoms with Crippen LogP contribution in [0.2, 0.25) is 0 Å². The Morgan fingerprint density at radius 1 is 1.50 bits per heavy atom. The third-order valence-electron chi connectivity index (χ3n) is 4.22. The third kappa shape index (κ3) is 3.08. The van der Waals surface area contributed by atoms with Gasteiger partial charge in [-0.05, 0) is 31.2 Å². The summed E-state index contributed by atoms with van der Waals surface area (Å²) in [5.41, 5.74) is 0.220. The van der Waals surface area contributed by atoms with Crippen molar-refractivity contribution in [3.05, 3.63) is 29.0 Å². The maximum atomic E-state index is 12.3. The molecule has 0 atom stereocenters. The topological polar surface area (TPSA) is 75.4 Å². The van der Waals surface area contributed by atoms with Crippen molar-refractivity contribution >= 4 is 17.2 Å². The first kappa shape index (κ1) is 15.2. The normalized spacial score (nSPS) is 16.8. The van der Waals surface area contributed by atoms with Crippen LogP contribution in [0.3, 0.4) is 0 Å². The van der Waals surface area contributed by atoms with Gasteiger partial charge in [0, 0.05) is 0 Å². The minimum atomic E-state index is -0.439. The van der Waals surface area contributed by atoms with Gasteiger partial charge >= 0.3 is 0 Å². The summed E-state index contributed by atoms with van der Waals surface area (Å²) >= 11 is 1.56. The first-order chi connectivity index (χ1) is 10.6. The number of hydrogen-bond donors (Lipinski definition) is 2. The predicted octanol–water partition coefficient (Wildman–Crippen LogP) is 2.68. The van der Waals surface area contributed by atoms with E-state index in [0.29, 0.717) is 17.3 Å². The summed E-state index contributed by atoms with van der Waals surface area (Å²) in [6.45, 7) is 1.82. The van der Waals surface area contributed by atoms with Gasteiger partial charge < -0.3 is 14.8 Å². The molecule has 0 aromatic carbocycles. The second-order valence-corrected chi connectivity index (χ2v) is 6.82. The number of rotatable bonds is 5. The van der Waals surface area contributed by atoms with Crippen molar-refractivity contribution in [1.82, 2.24) is 10.3 Å². The Labute approximate surface area is 133 Å². The van der Waals surface area contributed by atoms with E-state index in [4.69, 9.17) is 4.42 Å². The van der Waals surface area contributed by atoms with Crippen molar-refractivity contribution in [3.63, 3.8) is 0 Å². The van der Waals surface area contributed by atoms with Crippen LogP contribution < -0.4 is 5.32 Å². The van der Waals surface area contributed by atoms with Crippen molar-refractivity contribution in [2.24, 2.45) is 0 Å². The number of thiophene rings is 1. The van der Waals surface area contributed by atoms with Crippen LogP contribution in [0, 0.1) is 6.92 Å². The highest BCUT2D eigenvalue weighted by Gasteiger charge is 2.34. The molecule has 2 aromatic rings. The number of amides is 1. The second kappa shape index (κ2) is 6.22. The van der Waals surface area contributed by atoms with E-state index in [0.717, 1.165) is 30.6 Å². The second-order valence-electron chi connectivity index (χ2n) is 5.87. The van der Waals surface area contributed by atoms with Crippen LogP contribution in [0.15, 0.2) is 21.9 Å². The minimum Gasteiger partial charge on any atom is -0.440 e. The van der Waals surface area contributed by atoms with Crippen molar-refractivity contribution in [2.45, 2.75) is 44.6 Å². The molecule has 0 aliphatic heterocycles. The molecule has 0 radical (unpaired) electrons. The largest absolute Gasteiger partial charge is 0.440 e. The summed E-state index contributed by atoms with van der Waals surface area (Å²) in [5.74, 6) is 1.13. The molecule has 3 rings (SSSR count). The van der Waals surface area contributed by atoms with E-state index in [1.807, 2.05) is 24.4 Å². The highest BCUT2D eigenvalue weighted by molar-refractivity contribution is 7.13. The van der Waals surface area contributed by atoms with Crippen LogP contribution in [0.4, 0.5) is 0 Å². The number of carbonyl (C=O) groups is 1. The van der Waals surface area contributed by atoms with Gasteiger partial charge in [0.25, 0.3) is 0 Å². The van der Waals surface area contributed by atoms with E-state index in [1.165, 1.54) is 0 Å². The standard InChI is InChI=1S/C16H20N2O3S/c1-11-12(17-15(21-11)13-5-4-8-22-13)9-14(20)18-16(10-19)6-2-3-7-16/h4-5,8,19H,2-3,6-7,9-10H2,1H3,(H,18,20). The number of aliphatic hydroxyl groups excluding tert-OH is 1. The maximum absolute atomic E-state index is 12.3. The molecule has 1 saturated carbocycles. The van der Waals surface area contributed by atoms with E-state index in [-0.39, 0.29) is 18.9 Å². The molecule has 0 saturated heterocycles. The lowest BCUT2D eigenvalue weighted by Gasteiger charge is -2.27. The smallest absolute Gasteiger partial charge is 0.236 e. The van der Waals surface area contributed by atoms with E-state index >= 15 is 0 Å². The van der Waals surface area contributed by atoms with Gasteiger partial charge in [-0.1, -0.05) is 18.9 Å². The quantitative estimate of drug-likeness (QED) is 0.888. The van der Waals surface area contributed by atoms with Gasteiger partial charge in [-0.15, -0.1) is 11.3 Å². The molecule has 1 fully saturated rings. The highest BCUT2D eigenvalue weighted by Crippen LogP contribution is 2.29. The summed E-state index contributed by atoms with van der Waals surface area (Å²) in [4.78, 5) is 17.7. The molecule has 6 heteroatoms. The van der Waals surface area contributed by atoms with Crippen molar-refractivity contribution < 1.29 is 14.3 Å². The number of carbonyl (C=O) groups excluding carboxylic acids is 1. The number of hydrogen-bond acceptors (Lipinski definition) is 5. The SMILES string of the molecule is Cc1oc(-c2cccs2)nc1CC(=O)NC1(CO)CCCC1. The van der Waals surface area contributed by atoms with Gasteiger partial charge in [-0.3, -0.25) is 4.79 Å². The van der Waals surface area contributed by atoms with E-state index in [2.05, 4.69) is 10.3 Å². The molecule has 2 N–H and O–H groups in total. The van der Waals surface area contributed by atoms with E-state index in [1.54, 1.807) is 11.3 Å². The zero-order chi connectivity index (χ0) is 15.6. The molecule has 2 heterocycles. The number of oxazole rings is 1. The van der Waals surface area contributed by atoms with E-state index in [9.17, 15) is 9.90 Å². The molecule has 1 aliphatic carbocycles. The van der Waals surface area contributed by atoms with Crippen molar-refractivity contribution in [2.75, 3.05) is 6.61 Å². The first-order valence-electron chi connectivity index (χ1n) is 7.54. The minimum absolute atomic E-state index is 0.00299. The molecule has 0 unspecified atom stereocenters. The zero-order valence-electron chi connectivity index (χ0n) is 12.6. The first-order valence-corrected chi connectivity index (χ1v) is 8.42. The van der Waals surface area contributed by atoms with Gasteiger partial charge in [-0.25, -0.2) is 4.98 Å². The molecule has 118 valence electrons. The van der Waals surface area contributed by atoms with Gasteiger partial charge in [0.1, 0.15) is 5.76 Å². The monoisotopic (exact) mass is 320 g/mol. The van der Waals surface area contributed by atoms with Gasteiger partial charge in [0.05, 0.1) is 29.1 Å². The zero-order valence-corrected chi connectivity index (χ0v) is 13.4. The van der Waals surface area contributed by atoms with Crippen LogP contribution in [0.1, 0.15) is 37.1 Å². The van der Waals surface area contributed by atoms with E-state index < -0.39 is 5.54 Å². The molecular weight excluding hydrogens is 300 g/mol. The molecule has 1 amide bonds. The lowest BCUT2D eigenvalue weighted by molar-refractivity contribution is -0.123. The number of nitrogens with zero attached hydrogens (tertiary/aromatic N) is 1. The molecule has 0 bridgehead atoms. The van der Waals surface area contributed by atoms with Gasteiger partial charge in [0.15, 0.2) is 0 Å². The van der Waals surface area contributed by atoms with Crippen molar-refractivity contribution in [3.8, 4) is 10.8 Å². The maximum Gasteiger partial charge on any atom is 0.236 e. The lowest BCUT2D eigenvalue weighted by Crippen LogP contribution is -2.49. The molecule has 1 aliphatic rings. The predicted molar refractivity (Wildman–Crippen MR) is 84.7 cm³/mol. The Morgan fingerprint density at radius 3 is 2.91 bits per heavy atom. The fourth-order valence-electron chi connectivity index (χ4n) is 2.96. The summed E-state index contributed by atoms with van der Waals surface area (Å²) in [6.07, 6.45) is 3.96. The summed E-state index contributed by atoms with van der Waals surface area (Å²) in [5, 5.41) is 14.5. The Hall–Kier alpha value is -1.66.